The highest BCUT2D eigenvalue weighted by atomic mass is 79.9. The van der Waals surface area contributed by atoms with Gasteiger partial charge in [-0.05, 0) is 24.3 Å². The second kappa shape index (κ2) is 7.27. The first-order valence-electron chi connectivity index (χ1n) is 6.21. The van der Waals surface area contributed by atoms with Crippen molar-refractivity contribution in [3.05, 3.63) is 51.7 Å². The average Bonchev–Trinajstić information content (AvgIpc) is 2.33. The zero-order valence-electron chi connectivity index (χ0n) is 11.5. The summed E-state index contributed by atoms with van der Waals surface area (Å²) in [5.74, 6) is -1.79. The van der Waals surface area contributed by atoms with Gasteiger partial charge >= 0.3 is 12.4 Å². The van der Waals surface area contributed by atoms with Crippen molar-refractivity contribution < 1.29 is 27.1 Å². The molecule has 2 rings (SSSR count). The van der Waals surface area contributed by atoms with E-state index >= 15 is 0 Å². The Balaban J connectivity index is 2.11. The van der Waals surface area contributed by atoms with Crippen LogP contribution in [-0.4, -0.2) is 12.4 Å². The number of amides is 2. The zero-order valence-corrected chi connectivity index (χ0v) is 13.9. The Morgan fingerprint density at radius 2 is 1.67 bits per heavy atom. The van der Waals surface area contributed by atoms with Gasteiger partial charge in [-0.1, -0.05) is 27.5 Å². The molecule has 0 saturated carbocycles. The number of carbonyl (C=O) groups excluding carboxylic acids is 1. The molecule has 0 saturated heterocycles. The van der Waals surface area contributed by atoms with Crippen LogP contribution >= 0.6 is 27.5 Å². The summed E-state index contributed by atoms with van der Waals surface area (Å²) in [6, 6.07) is 6.03. The fourth-order valence-corrected chi connectivity index (χ4v) is 2.61. The van der Waals surface area contributed by atoms with Crippen molar-refractivity contribution in [1.29, 1.82) is 0 Å². The van der Waals surface area contributed by atoms with E-state index in [1.165, 1.54) is 6.07 Å². The Morgan fingerprint density at radius 1 is 1.04 bits per heavy atom. The lowest BCUT2D eigenvalue weighted by Gasteiger charge is -2.12. The third kappa shape index (κ3) is 5.89. The predicted octanol–water partition coefficient (Wildman–Crippen LogP) is 5.78. The number of urea groups is 1. The number of benzene rings is 2. The van der Waals surface area contributed by atoms with Gasteiger partial charge < -0.3 is 15.4 Å². The maximum Gasteiger partial charge on any atom is 0.573 e. The number of hydrogen-bond donors (Lipinski definition) is 2. The van der Waals surface area contributed by atoms with Crippen LogP contribution in [-0.2, 0) is 0 Å². The molecule has 0 atom stereocenters. The van der Waals surface area contributed by atoms with Gasteiger partial charge in [0.15, 0.2) is 0 Å². The van der Waals surface area contributed by atoms with Crippen LogP contribution in [0.3, 0.4) is 0 Å². The lowest BCUT2D eigenvalue weighted by atomic mass is 10.3. The first kappa shape index (κ1) is 18.3. The molecule has 0 aliphatic heterocycles. The highest BCUT2D eigenvalue weighted by Gasteiger charge is 2.31. The van der Waals surface area contributed by atoms with E-state index < -0.39 is 24.0 Å². The fourth-order valence-electron chi connectivity index (χ4n) is 1.75. The summed E-state index contributed by atoms with van der Waals surface area (Å²) in [7, 11) is 0. The fraction of sp³-hybridized carbons (Fsp3) is 0.0714. The number of ether oxygens (including phenoxy) is 1. The normalized spacial score (nSPS) is 11.1. The highest BCUT2D eigenvalue weighted by Crippen LogP contribution is 2.27. The second-order valence-corrected chi connectivity index (χ2v) is 5.81. The van der Waals surface area contributed by atoms with Gasteiger partial charge in [0.05, 0.1) is 0 Å². The molecule has 0 bridgehead atoms. The molecule has 2 aromatic rings. The van der Waals surface area contributed by atoms with Crippen molar-refractivity contribution in [3.8, 4) is 5.75 Å². The number of carbonyl (C=O) groups is 1. The van der Waals surface area contributed by atoms with Gasteiger partial charge in [-0.3, -0.25) is 0 Å². The summed E-state index contributed by atoms with van der Waals surface area (Å²) in [4.78, 5) is 11.8. The molecule has 0 fully saturated rings. The number of rotatable bonds is 3. The smallest absolute Gasteiger partial charge is 0.406 e. The SMILES string of the molecule is O=C(Nc1cc(Cl)cc(Br)c1)Nc1cc(F)cc(OC(F)(F)F)c1. The van der Waals surface area contributed by atoms with E-state index in [-0.39, 0.29) is 5.69 Å². The lowest BCUT2D eigenvalue weighted by Crippen LogP contribution is -2.20. The van der Waals surface area contributed by atoms with Crippen LogP contribution in [0, 0.1) is 5.82 Å². The Hall–Kier alpha value is -2.00. The van der Waals surface area contributed by atoms with E-state index in [0.29, 0.717) is 21.2 Å². The van der Waals surface area contributed by atoms with Crippen LogP contribution in [0.1, 0.15) is 0 Å². The minimum absolute atomic E-state index is 0.215. The first-order chi connectivity index (χ1) is 11.1. The van der Waals surface area contributed by atoms with Crippen LogP contribution in [0.4, 0.5) is 33.7 Å². The molecule has 0 heterocycles. The molecule has 2 aromatic carbocycles. The zero-order chi connectivity index (χ0) is 17.9. The Labute approximate surface area is 146 Å². The van der Waals surface area contributed by atoms with Gasteiger partial charge in [-0.25, -0.2) is 9.18 Å². The Bertz CT molecular complexity index is 751. The van der Waals surface area contributed by atoms with E-state index in [2.05, 4.69) is 31.3 Å². The van der Waals surface area contributed by atoms with Crippen LogP contribution in [0.15, 0.2) is 40.9 Å². The topological polar surface area (TPSA) is 50.4 Å². The second-order valence-electron chi connectivity index (χ2n) is 4.46. The van der Waals surface area contributed by atoms with Gasteiger partial charge in [0.2, 0.25) is 0 Å². The highest BCUT2D eigenvalue weighted by molar-refractivity contribution is 9.10. The number of alkyl halides is 3. The number of hydrogen-bond acceptors (Lipinski definition) is 2. The molecule has 0 spiro atoms. The summed E-state index contributed by atoms with van der Waals surface area (Å²) in [6.45, 7) is 0. The van der Waals surface area contributed by atoms with Crippen molar-refractivity contribution in [2.45, 2.75) is 6.36 Å². The van der Waals surface area contributed by atoms with Crippen molar-refractivity contribution >= 4 is 44.9 Å². The molecule has 2 amide bonds. The van der Waals surface area contributed by atoms with Crippen molar-refractivity contribution in [2.24, 2.45) is 0 Å². The number of anilines is 2. The summed E-state index contributed by atoms with van der Waals surface area (Å²) >= 11 is 9.01. The summed E-state index contributed by atoms with van der Waals surface area (Å²) < 4.78 is 54.1. The average molecular weight is 428 g/mol. The van der Waals surface area contributed by atoms with Gasteiger partial charge in [0.1, 0.15) is 11.6 Å². The van der Waals surface area contributed by atoms with Gasteiger partial charge in [-0.2, -0.15) is 0 Å². The van der Waals surface area contributed by atoms with E-state index in [4.69, 9.17) is 11.6 Å². The molecule has 128 valence electrons. The molecular weight excluding hydrogens is 420 g/mol. The lowest BCUT2D eigenvalue weighted by molar-refractivity contribution is -0.274. The minimum Gasteiger partial charge on any atom is -0.406 e. The molecule has 0 unspecified atom stereocenters. The predicted molar refractivity (Wildman–Crippen MR) is 84.9 cm³/mol. The van der Waals surface area contributed by atoms with E-state index in [1.54, 1.807) is 12.1 Å². The first-order valence-corrected chi connectivity index (χ1v) is 7.38. The van der Waals surface area contributed by atoms with Gasteiger partial charge in [0, 0.05) is 33.0 Å². The van der Waals surface area contributed by atoms with Crippen molar-refractivity contribution in [3.63, 3.8) is 0 Å². The molecule has 24 heavy (non-hydrogen) atoms. The largest absolute Gasteiger partial charge is 0.573 e. The molecular formula is C14H8BrClF4N2O2. The van der Waals surface area contributed by atoms with E-state index in [1.807, 2.05) is 0 Å². The molecule has 0 aliphatic carbocycles. The maximum absolute atomic E-state index is 13.3. The van der Waals surface area contributed by atoms with Crippen molar-refractivity contribution in [1.82, 2.24) is 0 Å². The summed E-state index contributed by atoms with van der Waals surface area (Å²) in [6.07, 6.45) is -4.97. The number of halogens is 6. The third-order valence-corrected chi connectivity index (χ3v) is 3.16. The molecule has 0 aliphatic rings. The molecule has 4 nitrogen and oxygen atoms in total. The third-order valence-electron chi connectivity index (χ3n) is 2.48. The van der Waals surface area contributed by atoms with Crippen LogP contribution in [0.5, 0.6) is 5.75 Å². The van der Waals surface area contributed by atoms with Crippen LogP contribution in [0.2, 0.25) is 5.02 Å². The molecule has 2 N–H and O–H groups in total. The number of nitrogens with one attached hydrogen (secondary N) is 2. The van der Waals surface area contributed by atoms with Crippen LogP contribution in [0.25, 0.3) is 0 Å². The summed E-state index contributed by atoms with van der Waals surface area (Å²) in [5.41, 5.74) is 0.114. The Kier molecular flexibility index (Phi) is 5.55. The van der Waals surface area contributed by atoms with E-state index in [0.717, 1.165) is 12.1 Å². The molecule has 10 heteroatoms. The van der Waals surface area contributed by atoms with E-state index in [9.17, 15) is 22.4 Å². The standard InChI is InChI=1S/C14H8BrClF4N2O2/c15-7-1-8(16)3-10(2-7)21-13(23)22-11-4-9(17)5-12(6-11)24-14(18,19)20/h1-6H,(H2,21,22,23). The Morgan fingerprint density at radius 3 is 2.25 bits per heavy atom. The van der Waals surface area contributed by atoms with Gasteiger partial charge in [0.25, 0.3) is 0 Å². The maximum atomic E-state index is 13.3. The molecule has 0 aromatic heterocycles. The molecule has 0 radical (unpaired) electrons. The van der Waals surface area contributed by atoms with Crippen LogP contribution < -0.4 is 15.4 Å². The van der Waals surface area contributed by atoms with Crippen molar-refractivity contribution in [2.75, 3.05) is 10.6 Å². The monoisotopic (exact) mass is 426 g/mol. The summed E-state index contributed by atoms with van der Waals surface area (Å²) in [5, 5.41) is 4.96. The minimum atomic E-state index is -4.97. The quantitative estimate of drug-likeness (QED) is 0.610. The van der Waals surface area contributed by atoms with Gasteiger partial charge in [-0.15, -0.1) is 13.2 Å².